The molecule has 0 radical (unpaired) electrons. The number of aryl methyl sites for hydroxylation is 1. The van der Waals surface area contributed by atoms with Gasteiger partial charge in [0.25, 0.3) is 0 Å². The fraction of sp³-hybridized carbons (Fsp3) is 0.600. The number of benzene rings is 1. The first kappa shape index (κ1) is 20.0. The molecule has 7 heteroatoms. The van der Waals surface area contributed by atoms with E-state index in [4.69, 9.17) is 0 Å². The quantitative estimate of drug-likeness (QED) is 0.820. The molecule has 2 aromatic rings. The molecule has 1 aliphatic heterocycles. The average molecular weight is 393 g/mol. The molecule has 2 aliphatic rings. The Balaban J connectivity index is 0.00000210. The third kappa shape index (κ3) is 4.22. The predicted octanol–water partition coefficient (Wildman–Crippen LogP) is 2.24. The molecule has 0 atom stereocenters. The molecule has 1 saturated heterocycles. The van der Waals surface area contributed by atoms with Crippen LogP contribution >= 0.6 is 12.4 Å². The van der Waals surface area contributed by atoms with E-state index >= 15 is 0 Å². The highest BCUT2D eigenvalue weighted by atomic mass is 35.5. The van der Waals surface area contributed by atoms with Crippen LogP contribution in [0.2, 0.25) is 0 Å². The summed E-state index contributed by atoms with van der Waals surface area (Å²) in [6.07, 6.45) is 4.74. The fourth-order valence-corrected chi connectivity index (χ4v) is 3.95. The van der Waals surface area contributed by atoms with E-state index in [-0.39, 0.29) is 30.5 Å². The van der Waals surface area contributed by atoms with Crippen molar-refractivity contribution >= 4 is 29.3 Å². The van der Waals surface area contributed by atoms with Crippen molar-refractivity contribution in [3.8, 4) is 0 Å². The molecule has 4 rings (SSSR count). The van der Waals surface area contributed by atoms with Gasteiger partial charge in [0.1, 0.15) is 6.54 Å². The zero-order valence-corrected chi connectivity index (χ0v) is 16.7. The molecular formula is C20H29ClN4O2. The van der Waals surface area contributed by atoms with E-state index in [0.29, 0.717) is 12.6 Å². The molecule has 0 spiro atoms. The minimum atomic E-state index is -0.0944. The lowest BCUT2D eigenvalue weighted by Gasteiger charge is -2.32. The summed E-state index contributed by atoms with van der Waals surface area (Å²) < 4.78 is 3.36. The van der Waals surface area contributed by atoms with Gasteiger partial charge >= 0.3 is 5.69 Å². The number of fused-ring (bicyclic) bond motifs is 1. The number of para-hydroxylation sites is 2. The van der Waals surface area contributed by atoms with Crippen molar-refractivity contribution in [3.63, 3.8) is 0 Å². The molecule has 0 bridgehead atoms. The van der Waals surface area contributed by atoms with E-state index in [1.54, 1.807) is 9.13 Å². The highest BCUT2D eigenvalue weighted by molar-refractivity contribution is 5.85. The van der Waals surface area contributed by atoms with Crippen molar-refractivity contribution in [3.05, 3.63) is 34.7 Å². The van der Waals surface area contributed by atoms with E-state index in [1.807, 2.05) is 36.1 Å². The van der Waals surface area contributed by atoms with Crippen LogP contribution in [0.4, 0.5) is 0 Å². The molecule has 6 nitrogen and oxygen atoms in total. The van der Waals surface area contributed by atoms with E-state index in [2.05, 4.69) is 5.32 Å². The Hall–Kier alpha value is -1.79. The van der Waals surface area contributed by atoms with Crippen LogP contribution in [0.25, 0.3) is 11.0 Å². The van der Waals surface area contributed by atoms with Crippen LogP contribution in [0.5, 0.6) is 0 Å². The Morgan fingerprint density at radius 1 is 1.07 bits per heavy atom. The zero-order chi connectivity index (χ0) is 18.1. The Morgan fingerprint density at radius 3 is 2.30 bits per heavy atom. The number of halogens is 1. The van der Waals surface area contributed by atoms with Crippen molar-refractivity contribution in [2.75, 3.05) is 19.6 Å². The monoisotopic (exact) mass is 392 g/mol. The van der Waals surface area contributed by atoms with Crippen LogP contribution in [0.15, 0.2) is 29.1 Å². The largest absolute Gasteiger partial charge is 0.341 e. The summed E-state index contributed by atoms with van der Waals surface area (Å²) in [6, 6.07) is 8.24. The molecule has 1 aromatic carbocycles. The third-order valence-electron chi connectivity index (χ3n) is 5.77. The predicted molar refractivity (Wildman–Crippen MR) is 109 cm³/mol. The number of nitrogens with one attached hydrogen (secondary N) is 1. The van der Waals surface area contributed by atoms with Crippen LogP contribution in [-0.4, -0.2) is 45.6 Å². The number of rotatable bonds is 6. The number of amides is 1. The number of aromatic nitrogens is 2. The highest BCUT2D eigenvalue weighted by Gasteiger charge is 2.26. The lowest BCUT2D eigenvalue weighted by Crippen LogP contribution is -2.46. The number of carbonyl (C=O) groups is 1. The molecule has 1 aliphatic carbocycles. The first-order chi connectivity index (χ1) is 12.7. The molecule has 1 amide bonds. The highest BCUT2D eigenvalue weighted by Crippen LogP contribution is 2.28. The second kappa shape index (κ2) is 8.48. The normalized spacial score (nSPS) is 17.9. The van der Waals surface area contributed by atoms with E-state index in [1.165, 1.54) is 12.8 Å². The fourth-order valence-electron chi connectivity index (χ4n) is 3.95. The summed E-state index contributed by atoms with van der Waals surface area (Å²) in [5.41, 5.74) is 1.65. The van der Waals surface area contributed by atoms with Crippen molar-refractivity contribution < 1.29 is 4.79 Å². The second-order valence-corrected chi connectivity index (χ2v) is 7.61. The molecule has 1 saturated carbocycles. The van der Waals surface area contributed by atoms with Gasteiger partial charge in [-0.2, -0.15) is 0 Å². The van der Waals surface area contributed by atoms with Crippen molar-refractivity contribution in [2.45, 2.75) is 51.7 Å². The van der Waals surface area contributed by atoms with Crippen molar-refractivity contribution in [1.29, 1.82) is 0 Å². The topological polar surface area (TPSA) is 59.3 Å². The smallest absolute Gasteiger partial charge is 0.329 e. The summed E-state index contributed by atoms with van der Waals surface area (Å²) in [5.74, 6) is 0.934. The number of likely N-dealkylation sites (tertiary alicyclic amines) is 1. The van der Waals surface area contributed by atoms with Crippen molar-refractivity contribution in [2.24, 2.45) is 5.92 Å². The van der Waals surface area contributed by atoms with Gasteiger partial charge in [0.05, 0.1) is 11.0 Å². The zero-order valence-electron chi connectivity index (χ0n) is 15.9. The molecular weight excluding hydrogens is 364 g/mol. The SMILES string of the molecule is CCn1c(=O)n(CC(=O)N2CCC(NCC3CC3)CC2)c2ccccc21.Cl. The molecule has 2 heterocycles. The number of nitrogens with zero attached hydrogens (tertiary/aromatic N) is 3. The number of piperidine rings is 1. The summed E-state index contributed by atoms with van der Waals surface area (Å²) >= 11 is 0. The van der Waals surface area contributed by atoms with Gasteiger partial charge in [-0.15, -0.1) is 12.4 Å². The Bertz CT molecular complexity index is 847. The molecule has 0 unspecified atom stereocenters. The molecule has 148 valence electrons. The Morgan fingerprint density at radius 2 is 1.70 bits per heavy atom. The minimum absolute atomic E-state index is 0. The van der Waals surface area contributed by atoms with Crippen LogP contribution in [0.1, 0.15) is 32.6 Å². The van der Waals surface area contributed by atoms with E-state index in [9.17, 15) is 9.59 Å². The van der Waals surface area contributed by atoms with Gasteiger partial charge in [-0.3, -0.25) is 13.9 Å². The molecule has 2 fully saturated rings. The average Bonchev–Trinajstić information content (AvgIpc) is 3.46. The standard InChI is InChI=1S/C20H28N4O2.ClH/c1-2-23-17-5-3-4-6-18(17)24(20(23)26)14-19(25)22-11-9-16(10-12-22)21-13-15-7-8-15;/h3-6,15-16,21H,2,7-14H2,1H3;1H. The Labute approximate surface area is 165 Å². The summed E-state index contributed by atoms with van der Waals surface area (Å²) in [4.78, 5) is 27.4. The lowest BCUT2D eigenvalue weighted by atomic mass is 10.0. The van der Waals surface area contributed by atoms with Gasteiger partial charge in [-0.1, -0.05) is 12.1 Å². The van der Waals surface area contributed by atoms with Gasteiger partial charge in [-0.25, -0.2) is 4.79 Å². The van der Waals surface area contributed by atoms with Gasteiger partial charge in [-0.05, 0) is 57.2 Å². The molecule has 1 N–H and O–H groups in total. The van der Waals surface area contributed by atoms with Gasteiger partial charge in [0.15, 0.2) is 0 Å². The number of hydrogen-bond acceptors (Lipinski definition) is 3. The molecule has 1 aromatic heterocycles. The maximum Gasteiger partial charge on any atom is 0.329 e. The first-order valence-corrected chi connectivity index (χ1v) is 9.86. The minimum Gasteiger partial charge on any atom is -0.341 e. The maximum absolute atomic E-state index is 12.8. The Kier molecular flexibility index (Phi) is 6.27. The van der Waals surface area contributed by atoms with Gasteiger partial charge < -0.3 is 10.2 Å². The number of carbonyl (C=O) groups excluding carboxylic acids is 1. The van der Waals surface area contributed by atoms with Crippen LogP contribution in [0, 0.1) is 5.92 Å². The summed E-state index contributed by atoms with van der Waals surface area (Å²) in [5, 5.41) is 3.64. The van der Waals surface area contributed by atoms with Crippen LogP contribution in [0.3, 0.4) is 0 Å². The van der Waals surface area contributed by atoms with Gasteiger partial charge in [0, 0.05) is 25.7 Å². The summed E-state index contributed by atoms with van der Waals surface area (Å²) in [6.45, 7) is 5.39. The van der Waals surface area contributed by atoms with Gasteiger partial charge in [0.2, 0.25) is 5.91 Å². The van der Waals surface area contributed by atoms with Crippen LogP contribution in [-0.2, 0) is 17.9 Å². The second-order valence-electron chi connectivity index (χ2n) is 7.61. The first-order valence-electron chi connectivity index (χ1n) is 9.86. The summed E-state index contributed by atoms with van der Waals surface area (Å²) in [7, 11) is 0. The number of hydrogen-bond donors (Lipinski definition) is 1. The lowest BCUT2D eigenvalue weighted by molar-refractivity contribution is -0.132. The molecule has 27 heavy (non-hydrogen) atoms. The number of imidazole rings is 1. The maximum atomic E-state index is 12.8. The van der Waals surface area contributed by atoms with Crippen molar-refractivity contribution in [1.82, 2.24) is 19.4 Å². The van der Waals surface area contributed by atoms with Crippen LogP contribution < -0.4 is 11.0 Å². The van der Waals surface area contributed by atoms with E-state index in [0.717, 1.165) is 49.4 Å². The third-order valence-corrected chi connectivity index (χ3v) is 5.77. The van der Waals surface area contributed by atoms with E-state index < -0.39 is 0 Å².